The predicted molar refractivity (Wildman–Crippen MR) is 74.2 cm³/mol. The fourth-order valence-electron chi connectivity index (χ4n) is 0.929. The summed E-state index contributed by atoms with van der Waals surface area (Å²) in [7, 11) is 0. The van der Waals surface area contributed by atoms with Crippen LogP contribution in [-0.2, 0) is 0 Å². The monoisotopic (exact) mass is 224 g/mol. The molecule has 0 aromatic rings. The molecule has 0 nitrogen and oxygen atoms in total. The van der Waals surface area contributed by atoms with Gasteiger partial charge in [-0.1, -0.05) is 66.3 Å². The van der Waals surface area contributed by atoms with Crippen LogP contribution in [0.5, 0.6) is 0 Å². The van der Waals surface area contributed by atoms with E-state index in [1.165, 1.54) is 4.91 Å². The Labute approximate surface area is 99.5 Å². The maximum absolute atomic E-state index is 3.84. The Hall–Kier alpha value is -0.430. The van der Waals surface area contributed by atoms with Crippen molar-refractivity contribution in [2.45, 2.75) is 46.3 Å². The molecule has 0 amide bonds. The topological polar surface area (TPSA) is 0 Å². The minimum absolute atomic E-state index is 0.245. The molecular weight excluding hydrogens is 200 g/mol. The molecule has 0 unspecified atom stereocenters. The third-order valence-electron chi connectivity index (χ3n) is 1.48. The van der Waals surface area contributed by atoms with E-state index >= 15 is 0 Å². The summed E-state index contributed by atoms with van der Waals surface area (Å²) in [5.41, 5.74) is 0.245. The lowest BCUT2D eigenvalue weighted by atomic mass is 9.96. The fraction of sp³-hybridized carbons (Fsp3) is 0.571. The van der Waals surface area contributed by atoms with Gasteiger partial charge in [0.05, 0.1) is 0 Å². The highest BCUT2D eigenvalue weighted by Gasteiger charge is 2.11. The first kappa shape index (κ1) is 14.6. The molecule has 0 aromatic carbocycles. The largest absolute Gasteiger partial charge is 0.120 e. The van der Waals surface area contributed by atoms with Gasteiger partial charge < -0.3 is 0 Å². The first-order valence-corrected chi connectivity index (χ1v) is 6.17. The maximum atomic E-state index is 3.84. The second kappa shape index (κ2) is 5.60. The normalized spacial score (nSPS) is 14.7. The molecule has 0 radical (unpaired) electrons. The summed E-state index contributed by atoms with van der Waals surface area (Å²) < 4.78 is 0.246. The lowest BCUT2D eigenvalue weighted by Gasteiger charge is -2.17. The van der Waals surface area contributed by atoms with E-state index in [1.54, 1.807) is 0 Å². The van der Waals surface area contributed by atoms with Gasteiger partial charge in [0.15, 0.2) is 0 Å². The maximum Gasteiger partial charge on any atom is 0.0122 e. The van der Waals surface area contributed by atoms with Crippen LogP contribution in [0.4, 0.5) is 0 Å². The summed E-state index contributed by atoms with van der Waals surface area (Å²) in [6.45, 7) is 17.1. The Morgan fingerprint density at radius 1 is 1.07 bits per heavy atom. The van der Waals surface area contributed by atoms with Crippen LogP contribution >= 0.6 is 11.8 Å². The average molecular weight is 224 g/mol. The zero-order valence-electron chi connectivity index (χ0n) is 10.9. The molecule has 0 spiro atoms. The quantitative estimate of drug-likeness (QED) is 0.594. The summed E-state index contributed by atoms with van der Waals surface area (Å²) in [6, 6.07) is 0. The summed E-state index contributed by atoms with van der Waals surface area (Å²) >= 11 is 1.84. The minimum atomic E-state index is 0.245. The zero-order valence-corrected chi connectivity index (χ0v) is 11.7. The molecule has 0 saturated heterocycles. The van der Waals surface area contributed by atoms with Crippen LogP contribution in [0.3, 0.4) is 0 Å². The van der Waals surface area contributed by atoms with Crippen molar-refractivity contribution in [3.63, 3.8) is 0 Å². The van der Waals surface area contributed by atoms with E-state index in [2.05, 4.69) is 66.3 Å². The summed E-state index contributed by atoms with van der Waals surface area (Å²) in [5.74, 6) is 0. The molecule has 0 aromatic heterocycles. The van der Waals surface area contributed by atoms with Crippen molar-refractivity contribution in [2.75, 3.05) is 0 Å². The molecule has 0 aliphatic carbocycles. The van der Waals surface area contributed by atoms with Crippen molar-refractivity contribution in [3.05, 3.63) is 35.8 Å². The minimum Gasteiger partial charge on any atom is -0.120 e. The lowest BCUT2D eigenvalue weighted by Crippen LogP contribution is -2.06. The first-order chi connectivity index (χ1) is 6.64. The van der Waals surface area contributed by atoms with E-state index in [0.29, 0.717) is 0 Å². The van der Waals surface area contributed by atoms with Gasteiger partial charge in [-0.05, 0) is 11.5 Å². The van der Waals surface area contributed by atoms with Gasteiger partial charge in [-0.15, -0.1) is 11.8 Å². The second-order valence-corrected chi connectivity index (χ2v) is 7.61. The van der Waals surface area contributed by atoms with Crippen molar-refractivity contribution >= 4 is 11.8 Å². The molecule has 0 atom stereocenters. The Morgan fingerprint density at radius 3 is 1.93 bits per heavy atom. The van der Waals surface area contributed by atoms with Crippen LogP contribution in [0, 0.1) is 5.41 Å². The van der Waals surface area contributed by atoms with Crippen LogP contribution < -0.4 is 0 Å². The molecule has 86 valence electrons. The molecular formula is C14H24S. The fourth-order valence-corrected chi connectivity index (χ4v) is 1.87. The third kappa shape index (κ3) is 9.86. The van der Waals surface area contributed by atoms with E-state index in [4.69, 9.17) is 0 Å². The third-order valence-corrected chi connectivity index (χ3v) is 2.63. The number of thioether (sulfide) groups is 1. The van der Waals surface area contributed by atoms with E-state index in [1.807, 2.05) is 17.8 Å². The summed E-state index contributed by atoms with van der Waals surface area (Å²) in [4.78, 5) is 1.23. The number of hydrogen-bond acceptors (Lipinski definition) is 1. The SMILES string of the molecule is C=C/C(=C\C=C\C(C)(C)C)SC(C)(C)C. The van der Waals surface area contributed by atoms with Gasteiger partial charge in [0.1, 0.15) is 0 Å². The van der Waals surface area contributed by atoms with E-state index in [-0.39, 0.29) is 10.2 Å². The van der Waals surface area contributed by atoms with Gasteiger partial charge in [-0.25, -0.2) is 0 Å². The van der Waals surface area contributed by atoms with Crippen molar-refractivity contribution in [1.29, 1.82) is 0 Å². The van der Waals surface area contributed by atoms with Gasteiger partial charge >= 0.3 is 0 Å². The molecule has 0 aliphatic heterocycles. The Balaban J connectivity index is 4.50. The number of allylic oxidation sites excluding steroid dienone is 4. The molecule has 0 rings (SSSR count). The highest BCUT2D eigenvalue weighted by Crippen LogP contribution is 2.31. The smallest absolute Gasteiger partial charge is 0.0122 e. The predicted octanol–water partition coefficient (Wildman–Crippen LogP) is 5.19. The lowest BCUT2D eigenvalue weighted by molar-refractivity contribution is 0.544. The number of rotatable bonds is 3. The molecule has 0 bridgehead atoms. The van der Waals surface area contributed by atoms with Crippen molar-refractivity contribution in [1.82, 2.24) is 0 Å². The van der Waals surface area contributed by atoms with E-state index in [0.717, 1.165) is 0 Å². The van der Waals surface area contributed by atoms with Crippen molar-refractivity contribution in [3.8, 4) is 0 Å². The molecule has 0 N–H and O–H groups in total. The number of hydrogen-bond donors (Lipinski definition) is 0. The highest BCUT2D eigenvalue weighted by atomic mass is 32.2. The van der Waals surface area contributed by atoms with Crippen LogP contribution in [0.25, 0.3) is 0 Å². The first-order valence-electron chi connectivity index (χ1n) is 5.35. The van der Waals surface area contributed by atoms with Gasteiger partial charge in [0, 0.05) is 9.65 Å². The molecule has 1 heteroatoms. The molecule has 15 heavy (non-hydrogen) atoms. The van der Waals surface area contributed by atoms with Gasteiger partial charge in [-0.3, -0.25) is 0 Å². The Morgan fingerprint density at radius 2 is 1.60 bits per heavy atom. The van der Waals surface area contributed by atoms with Crippen LogP contribution in [0.2, 0.25) is 0 Å². The highest BCUT2D eigenvalue weighted by molar-refractivity contribution is 8.04. The van der Waals surface area contributed by atoms with E-state index < -0.39 is 0 Å². The summed E-state index contributed by atoms with van der Waals surface area (Å²) in [6.07, 6.45) is 8.38. The van der Waals surface area contributed by atoms with Gasteiger partial charge in [0.25, 0.3) is 0 Å². The van der Waals surface area contributed by atoms with Crippen LogP contribution in [0.15, 0.2) is 35.8 Å². The zero-order chi connectivity index (χ0) is 12.1. The van der Waals surface area contributed by atoms with Gasteiger partial charge in [-0.2, -0.15) is 0 Å². The van der Waals surface area contributed by atoms with Gasteiger partial charge in [0.2, 0.25) is 0 Å². The molecule has 0 fully saturated rings. The van der Waals surface area contributed by atoms with E-state index in [9.17, 15) is 0 Å². The molecule has 0 saturated carbocycles. The molecule has 0 heterocycles. The van der Waals surface area contributed by atoms with Crippen molar-refractivity contribution in [2.24, 2.45) is 5.41 Å². The Kier molecular flexibility index (Phi) is 5.44. The van der Waals surface area contributed by atoms with Crippen LogP contribution in [-0.4, -0.2) is 4.75 Å². The Bertz CT molecular complexity index is 256. The van der Waals surface area contributed by atoms with Crippen molar-refractivity contribution < 1.29 is 0 Å². The van der Waals surface area contributed by atoms with Crippen LogP contribution in [0.1, 0.15) is 41.5 Å². The molecule has 0 aliphatic rings. The second-order valence-electron chi connectivity index (χ2n) is 5.71. The average Bonchev–Trinajstić information content (AvgIpc) is 1.97. The standard InChI is InChI=1S/C14H24S/c1-8-12(15-14(5,6)7)10-9-11-13(2,3)4/h8-11H,1H2,2-7H3/b11-9+,12-10+. The summed E-state index contributed by atoms with van der Waals surface area (Å²) in [5, 5.41) is 0.